The van der Waals surface area contributed by atoms with Crippen LogP contribution in [0.3, 0.4) is 0 Å². The standard InChI is InChI=1S/C17H22N4/c1-3-11-19-17-20-14(2)13-16(21-17)18-12-7-10-15-8-5-4-6-9-15/h3-6,8-9,13H,1,7,10-12H2,2H3,(H2,18,19,20,21). The summed E-state index contributed by atoms with van der Waals surface area (Å²) in [5, 5.41) is 6.47. The molecule has 0 fully saturated rings. The number of anilines is 2. The Labute approximate surface area is 126 Å². The molecule has 2 aromatic rings. The number of aryl methyl sites for hydroxylation is 2. The van der Waals surface area contributed by atoms with Gasteiger partial charge in [-0.25, -0.2) is 4.98 Å². The van der Waals surface area contributed by atoms with E-state index >= 15 is 0 Å². The maximum Gasteiger partial charge on any atom is 0.225 e. The highest BCUT2D eigenvalue weighted by Crippen LogP contribution is 2.10. The van der Waals surface area contributed by atoms with Crippen LogP contribution in [0, 0.1) is 6.92 Å². The molecule has 0 spiro atoms. The molecular formula is C17H22N4. The molecule has 1 heterocycles. The van der Waals surface area contributed by atoms with Crippen LogP contribution in [0.4, 0.5) is 11.8 Å². The summed E-state index contributed by atoms with van der Waals surface area (Å²) >= 11 is 0. The lowest BCUT2D eigenvalue weighted by Gasteiger charge is -2.09. The zero-order valence-corrected chi connectivity index (χ0v) is 12.5. The Morgan fingerprint density at radius 2 is 1.95 bits per heavy atom. The van der Waals surface area contributed by atoms with Crippen molar-refractivity contribution in [2.24, 2.45) is 0 Å². The molecule has 0 aliphatic rings. The summed E-state index contributed by atoms with van der Waals surface area (Å²) in [5.41, 5.74) is 2.31. The van der Waals surface area contributed by atoms with E-state index in [0.29, 0.717) is 12.5 Å². The van der Waals surface area contributed by atoms with E-state index < -0.39 is 0 Å². The smallest absolute Gasteiger partial charge is 0.225 e. The van der Waals surface area contributed by atoms with E-state index in [0.717, 1.165) is 30.9 Å². The molecule has 2 N–H and O–H groups in total. The molecule has 21 heavy (non-hydrogen) atoms. The second-order valence-electron chi connectivity index (χ2n) is 4.90. The molecule has 4 nitrogen and oxygen atoms in total. The largest absolute Gasteiger partial charge is 0.370 e. The molecule has 0 radical (unpaired) electrons. The Kier molecular flexibility index (Phi) is 5.76. The molecule has 4 heteroatoms. The lowest BCUT2D eigenvalue weighted by Crippen LogP contribution is -2.09. The van der Waals surface area contributed by atoms with Gasteiger partial charge in [0, 0.05) is 24.8 Å². The van der Waals surface area contributed by atoms with E-state index in [-0.39, 0.29) is 0 Å². The normalized spacial score (nSPS) is 10.1. The molecule has 2 rings (SSSR count). The van der Waals surface area contributed by atoms with Gasteiger partial charge in [0.15, 0.2) is 0 Å². The molecule has 0 bridgehead atoms. The fourth-order valence-electron chi connectivity index (χ4n) is 2.06. The van der Waals surface area contributed by atoms with E-state index in [1.165, 1.54) is 5.56 Å². The third kappa shape index (κ3) is 5.26. The summed E-state index contributed by atoms with van der Waals surface area (Å²) in [6.07, 6.45) is 3.93. The highest BCUT2D eigenvalue weighted by atomic mass is 15.1. The van der Waals surface area contributed by atoms with Crippen LogP contribution < -0.4 is 10.6 Å². The monoisotopic (exact) mass is 282 g/mol. The summed E-state index contributed by atoms with van der Waals surface area (Å²) < 4.78 is 0. The Morgan fingerprint density at radius 1 is 1.14 bits per heavy atom. The molecule has 0 saturated heterocycles. The first-order chi connectivity index (χ1) is 10.3. The minimum absolute atomic E-state index is 0.639. The van der Waals surface area contributed by atoms with Gasteiger partial charge in [0.25, 0.3) is 0 Å². The molecule has 0 aliphatic carbocycles. The molecule has 0 unspecified atom stereocenters. The van der Waals surface area contributed by atoms with Crippen molar-refractivity contribution in [3.05, 3.63) is 60.3 Å². The minimum atomic E-state index is 0.639. The zero-order valence-electron chi connectivity index (χ0n) is 12.5. The van der Waals surface area contributed by atoms with Crippen LogP contribution in [0.15, 0.2) is 49.1 Å². The number of rotatable bonds is 8. The number of aromatic nitrogens is 2. The SMILES string of the molecule is C=CCNc1nc(C)cc(NCCCc2ccccc2)n1. The van der Waals surface area contributed by atoms with Gasteiger partial charge >= 0.3 is 0 Å². The van der Waals surface area contributed by atoms with E-state index in [4.69, 9.17) is 0 Å². The molecule has 0 aliphatic heterocycles. The Morgan fingerprint density at radius 3 is 2.71 bits per heavy atom. The maximum absolute atomic E-state index is 4.43. The van der Waals surface area contributed by atoms with Gasteiger partial charge in [0.05, 0.1) is 0 Å². The molecule has 0 saturated carbocycles. The van der Waals surface area contributed by atoms with Crippen molar-refractivity contribution in [3.8, 4) is 0 Å². The van der Waals surface area contributed by atoms with Crippen molar-refractivity contribution >= 4 is 11.8 Å². The number of hydrogen-bond acceptors (Lipinski definition) is 4. The van der Waals surface area contributed by atoms with Crippen LogP contribution in [0.25, 0.3) is 0 Å². The van der Waals surface area contributed by atoms with Crippen molar-refractivity contribution in [2.45, 2.75) is 19.8 Å². The number of benzene rings is 1. The fraction of sp³-hybridized carbons (Fsp3) is 0.294. The number of hydrogen-bond donors (Lipinski definition) is 2. The predicted octanol–water partition coefficient (Wildman–Crippen LogP) is 3.43. The first kappa shape index (κ1) is 15.0. The summed E-state index contributed by atoms with van der Waals surface area (Å²) in [4.78, 5) is 8.77. The molecule has 1 aromatic heterocycles. The Bertz CT molecular complexity index is 566. The van der Waals surface area contributed by atoms with Crippen molar-refractivity contribution in [3.63, 3.8) is 0 Å². The Hall–Kier alpha value is -2.36. The van der Waals surface area contributed by atoms with Crippen molar-refractivity contribution < 1.29 is 0 Å². The third-order valence-electron chi connectivity index (χ3n) is 3.05. The highest BCUT2D eigenvalue weighted by Gasteiger charge is 2.01. The second-order valence-corrected chi connectivity index (χ2v) is 4.90. The van der Waals surface area contributed by atoms with E-state index in [9.17, 15) is 0 Å². The van der Waals surface area contributed by atoms with Crippen LogP contribution >= 0.6 is 0 Å². The van der Waals surface area contributed by atoms with Gasteiger partial charge in [-0.05, 0) is 25.3 Å². The summed E-state index contributed by atoms with van der Waals surface area (Å²) in [5.74, 6) is 1.50. The first-order valence-corrected chi connectivity index (χ1v) is 7.26. The van der Waals surface area contributed by atoms with Crippen LogP contribution in [-0.2, 0) is 6.42 Å². The molecule has 1 aromatic carbocycles. The molecule has 0 atom stereocenters. The van der Waals surface area contributed by atoms with Crippen molar-refractivity contribution in [1.82, 2.24) is 9.97 Å². The summed E-state index contributed by atoms with van der Waals surface area (Å²) in [7, 11) is 0. The average molecular weight is 282 g/mol. The van der Waals surface area contributed by atoms with Crippen LogP contribution in [0.1, 0.15) is 17.7 Å². The Balaban J connectivity index is 1.82. The zero-order chi connectivity index (χ0) is 14.9. The number of nitrogens with one attached hydrogen (secondary N) is 2. The summed E-state index contributed by atoms with van der Waals surface area (Å²) in [6, 6.07) is 12.5. The molecular weight excluding hydrogens is 260 g/mol. The predicted molar refractivity (Wildman–Crippen MR) is 88.7 cm³/mol. The third-order valence-corrected chi connectivity index (χ3v) is 3.05. The highest BCUT2D eigenvalue weighted by molar-refractivity contribution is 5.42. The van der Waals surface area contributed by atoms with E-state index in [1.807, 2.05) is 19.1 Å². The van der Waals surface area contributed by atoms with Gasteiger partial charge in [0.1, 0.15) is 5.82 Å². The van der Waals surface area contributed by atoms with Gasteiger partial charge in [-0.15, -0.1) is 6.58 Å². The summed E-state index contributed by atoms with van der Waals surface area (Å²) in [6.45, 7) is 7.20. The topological polar surface area (TPSA) is 49.8 Å². The average Bonchev–Trinajstić information content (AvgIpc) is 2.50. The van der Waals surface area contributed by atoms with Gasteiger partial charge < -0.3 is 10.6 Å². The van der Waals surface area contributed by atoms with Gasteiger partial charge in [-0.2, -0.15) is 4.98 Å². The minimum Gasteiger partial charge on any atom is -0.370 e. The van der Waals surface area contributed by atoms with Crippen molar-refractivity contribution in [2.75, 3.05) is 23.7 Å². The van der Waals surface area contributed by atoms with Gasteiger partial charge in [-0.3, -0.25) is 0 Å². The van der Waals surface area contributed by atoms with Crippen LogP contribution in [-0.4, -0.2) is 23.1 Å². The fourth-order valence-corrected chi connectivity index (χ4v) is 2.06. The lowest BCUT2D eigenvalue weighted by molar-refractivity contribution is 0.857. The molecule has 0 amide bonds. The number of nitrogens with zero attached hydrogens (tertiary/aromatic N) is 2. The first-order valence-electron chi connectivity index (χ1n) is 7.26. The quantitative estimate of drug-likeness (QED) is 0.575. The van der Waals surface area contributed by atoms with Crippen LogP contribution in [0.5, 0.6) is 0 Å². The second kappa shape index (κ2) is 8.04. The molecule has 110 valence electrons. The van der Waals surface area contributed by atoms with Crippen molar-refractivity contribution in [1.29, 1.82) is 0 Å². The van der Waals surface area contributed by atoms with Crippen LogP contribution in [0.2, 0.25) is 0 Å². The van der Waals surface area contributed by atoms with E-state index in [2.05, 4.69) is 51.4 Å². The lowest BCUT2D eigenvalue weighted by atomic mass is 10.1. The van der Waals surface area contributed by atoms with E-state index in [1.54, 1.807) is 6.08 Å². The van der Waals surface area contributed by atoms with Gasteiger partial charge in [-0.1, -0.05) is 36.4 Å². The maximum atomic E-state index is 4.43. The van der Waals surface area contributed by atoms with Gasteiger partial charge in [0.2, 0.25) is 5.95 Å².